The van der Waals surface area contributed by atoms with Gasteiger partial charge in [0.2, 0.25) is 0 Å². The Morgan fingerprint density at radius 3 is 3.08 bits per heavy atom. The van der Waals surface area contributed by atoms with E-state index in [1.807, 2.05) is 43.0 Å². The van der Waals surface area contributed by atoms with Crippen LogP contribution < -0.4 is 5.56 Å². The van der Waals surface area contributed by atoms with Crippen molar-refractivity contribution in [3.05, 3.63) is 45.7 Å². The molecule has 0 aliphatic carbocycles. The van der Waals surface area contributed by atoms with Crippen LogP contribution in [-0.4, -0.2) is 32.8 Å². The fraction of sp³-hybridized carbons (Fsp3) is 0.333. The van der Waals surface area contributed by atoms with Crippen LogP contribution in [0.3, 0.4) is 0 Å². The fourth-order valence-corrected chi connectivity index (χ4v) is 6.38. The lowest BCUT2D eigenvalue weighted by molar-refractivity contribution is 0.322. The molecule has 0 fully saturated rings. The van der Waals surface area contributed by atoms with Gasteiger partial charge in [0, 0.05) is 5.75 Å². The van der Waals surface area contributed by atoms with E-state index in [1.165, 1.54) is 21.5 Å². The Hall–Kier alpha value is -1.28. The van der Waals surface area contributed by atoms with E-state index >= 15 is 0 Å². The Labute approximate surface area is 158 Å². The minimum Gasteiger partial charge on any atom is -0.396 e. The zero-order valence-corrected chi connectivity index (χ0v) is 16.3. The predicted octanol–water partition coefficient (Wildman–Crippen LogP) is 3.88. The van der Waals surface area contributed by atoms with Gasteiger partial charge in [-0.15, -0.1) is 23.1 Å². The van der Waals surface area contributed by atoms with Crippen LogP contribution in [-0.2, 0) is 6.42 Å². The number of hydrogen-bond acceptors (Lipinski definition) is 6. The Morgan fingerprint density at radius 2 is 2.28 bits per heavy atom. The van der Waals surface area contributed by atoms with Gasteiger partial charge in [0.25, 0.3) is 5.56 Å². The van der Waals surface area contributed by atoms with Crippen LogP contribution in [0.1, 0.15) is 17.5 Å². The van der Waals surface area contributed by atoms with Crippen LogP contribution in [0.2, 0.25) is 0 Å². The molecule has 0 radical (unpaired) electrons. The number of rotatable bonds is 4. The SMILES string of the molecule is Cc1cccc(-n2c(SCCO)nc3sc4c(c3c2=O)CCCS4)c1. The van der Waals surface area contributed by atoms with Gasteiger partial charge in [-0.1, -0.05) is 23.9 Å². The molecule has 0 spiro atoms. The van der Waals surface area contributed by atoms with Gasteiger partial charge in [0.1, 0.15) is 4.83 Å². The van der Waals surface area contributed by atoms with Crippen molar-refractivity contribution in [1.29, 1.82) is 0 Å². The van der Waals surface area contributed by atoms with E-state index in [0.29, 0.717) is 10.9 Å². The monoisotopic (exact) mass is 390 g/mol. The summed E-state index contributed by atoms with van der Waals surface area (Å²) < 4.78 is 2.95. The Morgan fingerprint density at radius 1 is 1.40 bits per heavy atom. The molecule has 0 unspecified atom stereocenters. The van der Waals surface area contributed by atoms with E-state index < -0.39 is 0 Å². The number of thioether (sulfide) groups is 2. The molecule has 0 atom stereocenters. The van der Waals surface area contributed by atoms with Gasteiger partial charge in [-0.3, -0.25) is 9.36 Å². The van der Waals surface area contributed by atoms with Crippen LogP contribution in [0.25, 0.3) is 15.9 Å². The number of aromatic nitrogens is 2. The third-order valence-corrected chi connectivity index (χ3v) is 7.59. The van der Waals surface area contributed by atoms with E-state index in [4.69, 9.17) is 4.98 Å². The topological polar surface area (TPSA) is 55.1 Å². The van der Waals surface area contributed by atoms with Crippen molar-refractivity contribution < 1.29 is 5.11 Å². The number of aliphatic hydroxyl groups excluding tert-OH is 1. The lowest BCUT2D eigenvalue weighted by Crippen LogP contribution is -2.22. The van der Waals surface area contributed by atoms with Crippen molar-refractivity contribution in [3.8, 4) is 5.69 Å². The summed E-state index contributed by atoms with van der Waals surface area (Å²) in [5, 5.41) is 10.6. The molecule has 0 saturated heterocycles. The van der Waals surface area contributed by atoms with Crippen molar-refractivity contribution in [3.63, 3.8) is 0 Å². The number of aliphatic hydroxyl groups is 1. The number of aryl methyl sites for hydroxylation is 2. The lowest BCUT2D eigenvalue weighted by atomic mass is 10.1. The van der Waals surface area contributed by atoms with Crippen LogP contribution in [0.5, 0.6) is 0 Å². The highest BCUT2D eigenvalue weighted by molar-refractivity contribution is 8.01. The van der Waals surface area contributed by atoms with Gasteiger partial charge in [0.05, 0.1) is 21.9 Å². The van der Waals surface area contributed by atoms with Crippen LogP contribution in [0.4, 0.5) is 0 Å². The third-order valence-electron chi connectivity index (χ3n) is 4.14. The second kappa shape index (κ2) is 7.15. The lowest BCUT2D eigenvalue weighted by Gasteiger charge is -2.13. The molecule has 0 bridgehead atoms. The van der Waals surface area contributed by atoms with E-state index in [1.54, 1.807) is 15.9 Å². The first kappa shape index (κ1) is 17.1. The molecule has 1 N–H and O–H groups in total. The van der Waals surface area contributed by atoms with E-state index in [0.717, 1.165) is 40.1 Å². The van der Waals surface area contributed by atoms with E-state index in [2.05, 4.69) is 0 Å². The first-order chi connectivity index (χ1) is 12.2. The van der Waals surface area contributed by atoms with E-state index in [9.17, 15) is 9.90 Å². The maximum Gasteiger partial charge on any atom is 0.267 e. The molecule has 3 heterocycles. The minimum atomic E-state index is 0.0102. The van der Waals surface area contributed by atoms with Gasteiger partial charge >= 0.3 is 0 Å². The number of benzene rings is 1. The molecule has 0 saturated carbocycles. The number of hydrogen-bond donors (Lipinski definition) is 1. The zero-order valence-electron chi connectivity index (χ0n) is 13.8. The average molecular weight is 391 g/mol. The molecule has 4 nitrogen and oxygen atoms in total. The maximum atomic E-state index is 13.4. The molecular weight excluding hydrogens is 372 g/mol. The standard InChI is InChI=1S/C18H18N2O2S3/c1-11-4-2-5-12(10-11)20-16(22)14-13-6-3-8-23-17(13)25-15(14)19-18(20)24-9-7-21/h2,4-5,10,21H,3,6-9H2,1H3. The fourth-order valence-electron chi connectivity index (χ4n) is 3.05. The summed E-state index contributed by atoms with van der Waals surface area (Å²) in [4.78, 5) is 19.0. The Balaban J connectivity index is 2.00. The van der Waals surface area contributed by atoms with Gasteiger partial charge in [-0.2, -0.15) is 0 Å². The summed E-state index contributed by atoms with van der Waals surface area (Å²) in [6, 6.07) is 7.93. The summed E-state index contributed by atoms with van der Waals surface area (Å²) in [6.45, 7) is 2.08. The molecule has 25 heavy (non-hydrogen) atoms. The summed E-state index contributed by atoms with van der Waals surface area (Å²) >= 11 is 4.89. The zero-order chi connectivity index (χ0) is 17.4. The van der Waals surface area contributed by atoms with Gasteiger partial charge in [-0.25, -0.2) is 4.98 Å². The smallest absolute Gasteiger partial charge is 0.267 e. The normalized spacial score (nSPS) is 14.0. The highest BCUT2D eigenvalue weighted by Crippen LogP contribution is 2.40. The van der Waals surface area contributed by atoms with E-state index in [-0.39, 0.29) is 12.2 Å². The summed E-state index contributed by atoms with van der Waals surface area (Å²) in [5.41, 5.74) is 3.12. The van der Waals surface area contributed by atoms with Gasteiger partial charge in [-0.05, 0) is 48.8 Å². The molecule has 7 heteroatoms. The minimum absolute atomic E-state index is 0.0102. The Bertz CT molecular complexity index is 994. The summed E-state index contributed by atoms with van der Waals surface area (Å²) in [6.07, 6.45) is 2.06. The number of fused-ring (bicyclic) bond motifs is 3. The molecule has 130 valence electrons. The first-order valence-electron chi connectivity index (χ1n) is 8.21. The van der Waals surface area contributed by atoms with Crippen LogP contribution in [0, 0.1) is 6.92 Å². The molecule has 0 amide bonds. The summed E-state index contributed by atoms with van der Waals surface area (Å²) in [7, 11) is 0. The van der Waals surface area contributed by atoms with Gasteiger partial charge in [0.15, 0.2) is 5.16 Å². The quantitative estimate of drug-likeness (QED) is 0.541. The van der Waals surface area contributed by atoms with Crippen molar-refractivity contribution in [1.82, 2.24) is 9.55 Å². The highest BCUT2D eigenvalue weighted by atomic mass is 32.2. The molecule has 3 aromatic rings. The van der Waals surface area contributed by atoms with Crippen molar-refractivity contribution in [2.45, 2.75) is 29.1 Å². The summed E-state index contributed by atoms with van der Waals surface area (Å²) in [5.74, 6) is 1.63. The molecule has 1 aliphatic rings. The molecule has 1 aromatic carbocycles. The van der Waals surface area contributed by atoms with Crippen molar-refractivity contribution in [2.24, 2.45) is 0 Å². The second-order valence-electron chi connectivity index (χ2n) is 5.95. The number of thiophene rings is 1. The molecular formula is C18H18N2O2S3. The largest absolute Gasteiger partial charge is 0.396 e. The van der Waals surface area contributed by atoms with Crippen molar-refractivity contribution in [2.75, 3.05) is 18.1 Å². The third kappa shape index (κ3) is 3.14. The molecule has 2 aromatic heterocycles. The maximum absolute atomic E-state index is 13.4. The first-order valence-corrected chi connectivity index (χ1v) is 11.0. The van der Waals surface area contributed by atoms with Crippen molar-refractivity contribution >= 4 is 45.1 Å². The number of nitrogens with zero attached hydrogens (tertiary/aromatic N) is 2. The highest BCUT2D eigenvalue weighted by Gasteiger charge is 2.23. The van der Waals surface area contributed by atoms with Gasteiger partial charge < -0.3 is 5.11 Å². The second-order valence-corrected chi connectivity index (χ2v) is 9.37. The molecule has 4 rings (SSSR count). The van der Waals surface area contributed by atoms with Crippen LogP contribution >= 0.6 is 34.9 Å². The van der Waals surface area contributed by atoms with Crippen LogP contribution in [0.15, 0.2) is 38.4 Å². The predicted molar refractivity (Wildman–Crippen MR) is 107 cm³/mol. The average Bonchev–Trinajstić information content (AvgIpc) is 2.98. The molecule has 1 aliphatic heterocycles. The Kier molecular flexibility index (Phi) is 4.90.